The highest BCUT2D eigenvalue weighted by Gasteiger charge is 2.28. The number of benzene rings is 2. The van der Waals surface area contributed by atoms with E-state index in [1.807, 2.05) is 0 Å². The first kappa shape index (κ1) is 30.1. The van der Waals surface area contributed by atoms with Crippen molar-refractivity contribution in [2.24, 2.45) is 16.2 Å². The van der Waals surface area contributed by atoms with Gasteiger partial charge in [-0.15, -0.1) is 0 Å². The van der Waals surface area contributed by atoms with Gasteiger partial charge in [0.05, 0.1) is 16.2 Å². The second-order valence-corrected chi connectivity index (χ2v) is 11.6. The van der Waals surface area contributed by atoms with E-state index in [0.29, 0.717) is 0 Å². The first-order chi connectivity index (χ1) is 17.4. The number of carbonyl (C=O) groups is 4. The maximum absolute atomic E-state index is 13.1. The maximum Gasteiger partial charge on any atom is 0.360 e. The summed E-state index contributed by atoms with van der Waals surface area (Å²) in [6, 6.07) is 9.96. The summed E-state index contributed by atoms with van der Waals surface area (Å²) in [7, 11) is 0. The fourth-order valence-corrected chi connectivity index (χ4v) is 2.24. The average Bonchev–Trinajstić information content (AvgIpc) is 2.82. The molecule has 0 aliphatic heterocycles. The standard InChI is InChI=1S/C28H34O10/c1-26(2,3)23(30)36-33-19-13-10-17(11-14-19)22(29)18-12-15-20(34-37-24(31)27(4,5)6)21(16-18)35-38-25(32)28(7,8)9/h10-16H,1-9H3. The van der Waals surface area contributed by atoms with E-state index in [2.05, 4.69) is 0 Å². The zero-order valence-corrected chi connectivity index (χ0v) is 23.1. The van der Waals surface area contributed by atoms with Crippen LogP contribution < -0.4 is 14.7 Å². The molecule has 0 heterocycles. The molecule has 0 aromatic heterocycles. The third-order valence-electron chi connectivity index (χ3n) is 4.79. The Morgan fingerprint density at radius 3 is 1.34 bits per heavy atom. The monoisotopic (exact) mass is 530 g/mol. The lowest BCUT2D eigenvalue weighted by Gasteiger charge is -2.17. The van der Waals surface area contributed by atoms with Crippen molar-refractivity contribution in [2.75, 3.05) is 0 Å². The van der Waals surface area contributed by atoms with Crippen molar-refractivity contribution in [3.63, 3.8) is 0 Å². The number of carbonyl (C=O) groups excluding carboxylic acids is 4. The van der Waals surface area contributed by atoms with E-state index >= 15 is 0 Å². The van der Waals surface area contributed by atoms with E-state index in [4.69, 9.17) is 29.3 Å². The molecule has 10 nitrogen and oxygen atoms in total. The Bertz CT molecular complexity index is 1180. The fraction of sp³-hybridized carbons (Fsp3) is 0.429. The third-order valence-corrected chi connectivity index (χ3v) is 4.79. The van der Waals surface area contributed by atoms with E-state index in [9.17, 15) is 19.2 Å². The molecule has 2 rings (SSSR count). The SMILES string of the molecule is CC(C)(C)C(=O)OOc1ccc(C(=O)c2ccc(OOC(=O)C(C)(C)C)c(OOC(=O)C(C)(C)C)c2)cc1. The number of hydrogen-bond acceptors (Lipinski definition) is 10. The predicted octanol–water partition coefficient (Wildman–Crippen LogP) is 5.57. The van der Waals surface area contributed by atoms with Crippen LogP contribution >= 0.6 is 0 Å². The summed E-state index contributed by atoms with van der Waals surface area (Å²) in [6.45, 7) is 14.9. The molecule has 0 N–H and O–H groups in total. The van der Waals surface area contributed by atoms with Crippen molar-refractivity contribution in [3.8, 4) is 17.2 Å². The van der Waals surface area contributed by atoms with Crippen LogP contribution in [-0.2, 0) is 29.0 Å². The van der Waals surface area contributed by atoms with Crippen molar-refractivity contribution in [3.05, 3.63) is 53.6 Å². The van der Waals surface area contributed by atoms with Gasteiger partial charge in [-0.05, 0) is 98.7 Å². The average molecular weight is 531 g/mol. The van der Waals surface area contributed by atoms with Gasteiger partial charge in [0.1, 0.15) is 0 Å². The zero-order valence-electron chi connectivity index (χ0n) is 23.1. The Balaban J connectivity index is 2.24. The minimum atomic E-state index is -0.863. The van der Waals surface area contributed by atoms with Crippen molar-refractivity contribution < 1.29 is 48.5 Å². The van der Waals surface area contributed by atoms with Gasteiger partial charge in [0, 0.05) is 17.2 Å². The smallest absolute Gasteiger partial charge is 0.289 e. The number of hydrogen-bond donors (Lipinski definition) is 0. The van der Waals surface area contributed by atoms with Crippen LogP contribution in [0.4, 0.5) is 0 Å². The van der Waals surface area contributed by atoms with E-state index < -0.39 is 39.9 Å². The van der Waals surface area contributed by atoms with Crippen molar-refractivity contribution in [1.29, 1.82) is 0 Å². The number of ketones is 1. The Labute approximate surface area is 221 Å². The van der Waals surface area contributed by atoms with E-state index in [1.165, 1.54) is 42.5 Å². The highest BCUT2D eigenvalue weighted by Crippen LogP contribution is 2.32. The molecular weight excluding hydrogens is 496 g/mol. The van der Waals surface area contributed by atoms with Crippen LogP contribution in [0.2, 0.25) is 0 Å². The lowest BCUT2D eigenvalue weighted by molar-refractivity contribution is -0.235. The van der Waals surface area contributed by atoms with Gasteiger partial charge in [0.25, 0.3) is 0 Å². The molecule has 0 aliphatic carbocycles. The van der Waals surface area contributed by atoms with Crippen LogP contribution in [0.1, 0.15) is 78.2 Å². The lowest BCUT2D eigenvalue weighted by atomic mass is 9.98. The molecule has 0 radical (unpaired) electrons. The van der Waals surface area contributed by atoms with Gasteiger partial charge in [-0.1, -0.05) is 0 Å². The van der Waals surface area contributed by atoms with Gasteiger partial charge in [0.15, 0.2) is 11.5 Å². The second kappa shape index (κ2) is 11.5. The summed E-state index contributed by atoms with van der Waals surface area (Å²) in [5, 5.41) is 0. The molecule has 0 bridgehead atoms. The van der Waals surface area contributed by atoms with Crippen molar-refractivity contribution in [1.82, 2.24) is 0 Å². The van der Waals surface area contributed by atoms with Gasteiger partial charge in [-0.25, -0.2) is 29.0 Å². The molecule has 0 atom stereocenters. The maximum atomic E-state index is 13.1. The molecule has 10 heteroatoms. The Hall–Kier alpha value is -4.08. The Kier molecular flexibility index (Phi) is 9.15. The van der Waals surface area contributed by atoms with Crippen molar-refractivity contribution >= 4 is 23.7 Å². The van der Waals surface area contributed by atoms with Gasteiger partial charge >= 0.3 is 17.9 Å². The molecule has 0 spiro atoms. The summed E-state index contributed by atoms with van der Waals surface area (Å²) in [5.41, 5.74) is -1.99. The van der Waals surface area contributed by atoms with E-state index in [-0.39, 0.29) is 28.4 Å². The predicted molar refractivity (Wildman–Crippen MR) is 135 cm³/mol. The summed E-state index contributed by atoms with van der Waals surface area (Å²) >= 11 is 0. The quantitative estimate of drug-likeness (QED) is 0.243. The highest BCUT2D eigenvalue weighted by molar-refractivity contribution is 6.09. The highest BCUT2D eigenvalue weighted by atomic mass is 17.2. The van der Waals surface area contributed by atoms with Gasteiger partial charge in [0.2, 0.25) is 11.5 Å². The third kappa shape index (κ3) is 8.50. The van der Waals surface area contributed by atoms with Crippen LogP contribution in [0.3, 0.4) is 0 Å². The molecule has 0 unspecified atom stereocenters. The van der Waals surface area contributed by atoms with Gasteiger partial charge < -0.3 is 0 Å². The molecule has 2 aromatic rings. The molecule has 38 heavy (non-hydrogen) atoms. The minimum Gasteiger partial charge on any atom is -0.289 e. The fourth-order valence-electron chi connectivity index (χ4n) is 2.24. The zero-order chi connectivity index (χ0) is 28.9. The summed E-state index contributed by atoms with van der Waals surface area (Å²) < 4.78 is 0. The second-order valence-electron chi connectivity index (χ2n) is 11.6. The van der Waals surface area contributed by atoms with Crippen molar-refractivity contribution in [2.45, 2.75) is 62.3 Å². The molecule has 0 saturated carbocycles. The molecule has 206 valence electrons. The topological polar surface area (TPSA) is 124 Å². The Morgan fingerprint density at radius 2 is 0.895 bits per heavy atom. The Morgan fingerprint density at radius 1 is 0.500 bits per heavy atom. The first-order valence-electron chi connectivity index (χ1n) is 11.9. The van der Waals surface area contributed by atoms with Gasteiger partial charge in [-0.2, -0.15) is 0 Å². The molecule has 0 aliphatic rings. The van der Waals surface area contributed by atoms with Crippen LogP contribution in [0.15, 0.2) is 42.5 Å². The van der Waals surface area contributed by atoms with E-state index in [1.54, 1.807) is 62.3 Å². The minimum absolute atomic E-state index is 0.0923. The van der Waals surface area contributed by atoms with Crippen LogP contribution in [-0.4, -0.2) is 23.7 Å². The van der Waals surface area contributed by atoms with Crippen LogP contribution in [0.25, 0.3) is 0 Å². The molecule has 0 amide bonds. The normalized spacial score (nSPS) is 11.7. The summed E-state index contributed by atoms with van der Waals surface area (Å²) in [5.74, 6) is -2.31. The largest absolute Gasteiger partial charge is 0.360 e. The molecule has 0 fully saturated rings. The van der Waals surface area contributed by atoms with Crippen LogP contribution in [0.5, 0.6) is 17.2 Å². The van der Waals surface area contributed by atoms with Gasteiger partial charge in [-0.3, -0.25) is 19.5 Å². The van der Waals surface area contributed by atoms with E-state index in [0.717, 1.165) is 0 Å². The summed E-state index contributed by atoms with van der Waals surface area (Å²) in [6.07, 6.45) is 0. The first-order valence-corrected chi connectivity index (χ1v) is 11.9. The number of rotatable bonds is 8. The van der Waals surface area contributed by atoms with Crippen LogP contribution in [0, 0.1) is 16.2 Å². The molecular formula is C28H34O10. The lowest BCUT2D eigenvalue weighted by Crippen LogP contribution is -2.25. The summed E-state index contributed by atoms with van der Waals surface area (Å²) in [4.78, 5) is 79.2. The molecule has 2 aromatic carbocycles. The molecule has 0 saturated heterocycles.